The largest absolute Gasteiger partial charge is 0.331 e. The van der Waals surface area contributed by atoms with Crippen molar-refractivity contribution in [2.45, 2.75) is 27.3 Å². The van der Waals surface area contributed by atoms with Crippen molar-refractivity contribution in [3.8, 4) is 0 Å². The molecule has 0 aromatic heterocycles. The normalized spacial score (nSPS) is 18.5. The number of imide groups is 2. The third-order valence-corrected chi connectivity index (χ3v) is 3.24. The zero-order chi connectivity index (χ0) is 14.2. The second-order valence-electron chi connectivity index (χ2n) is 5.26. The minimum atomic E-state index is -1.21. The molecule has 1 saturated heterocycles. The van der Waals surface area contributed by atoms with Crippen LogP contribution in [0.1, 0.15) is 25.0 Å². The molecule has 0 aliphatic carbocycles. The second kappa shape index (κ2) is 4.50. The molecule has 1 aromatic carbocycles. The molecule has 1 aliphatic rings. The summed E-state index contributed by atoms with van der Waals surface area (Å²) in [5.41, 5.74) is 0.698. The van der Waals surface area contributed by atoms with Gasteiger partial charge in [-0.05, 0) is 26.3 Å². The number of benzene rings is 1. The molecule has 0 atom stereocenters. The smallest absolute Gasteiger partial charge is 0.277 e. The highest BCUT2D eigenvalue weighted by Gasteiger charge is 2.46. The lowest BCUT2D eigenvalue weighted by molar-refractivity contribution is -0.149. The average Bonchev–Trinajstić information content (AvgIpc) is 2.33. The van der Waals surface area contributed by atoms with Gasteiger partial charge in [0.2, 0.25) is 11.8 Å². The van der Waals surface area contributed by atoms with Crippen LogP contribution in [-0.2, 0) is 16.1 Å². The summed E-state index contributed by atoms with van der Waals surface area (Å²) in [6, 6.07) is 6.90. The maximum absolute atomic E-state index is 12.2. The minimum absolute atomic E-state index is 0.170. The number of aryl methyl sites for hydroxylation is 1. The Bertz CT molecular complexity index is 564. The molecule has 0 bridgehead atoms. The fraction of sp³-hybridized carbons (Fsp3) is 0.357. The standard InChI is InChI=1S/C14H16N2O3/c1-9-5-4-6-10(7-9)8-16-12(18)14(2,3)11(17)15-13(16)19/h4-7H,8H2,1-3H3,(H,15,17,19). The molecular formula is C14H16N2O3. The summed E-state index contributed by atoms with van der Waals surface area (Å²) < 4.78 is 0. The van der Waals surface area contributed by atoms with Gasteiger partial charge < -0.3 is 0 Å². The van der Waals surface area contributed by atoms with E-state index < -0.39 is 23.3 Å². The van der Waals surface area contributed by atoms with E-state index in [2.05, 4.69) is 5.32 Å². The zero-order valence-corrected chi connectivity index (χ0v) is 11.2. The molecule has 1 N–H and O–H groups in total. The van der Waals surface area contributed by atoms with Crippen molar-refractivity contribution in [1.29, 1.82) is 0 Å². The minimum Gasteiger partial charge on any atom is -0.277 e. The molecule has 0 spiro atoms. The SMILES string of the molecule is Cc1cccc(CN2C(=O)NC(=O)C(C)(C)C2=O)c1. The van der Waals surface area contributed by atoms with E-state index in [-0.39, 0.29) is 6.54 Å². The van der Waals surface area contributed by atoms with Gasteiger partial charge in [0.05, 0.1) is 6.54 Å². The third kappa shape index (κ3) is 2.36. The predicted molar refractivity (Wildman–Crippen MR) is 69.0 cm³/mol. The van der Waals surface area contributed by atoms with Crippen molar-refractivity contribution in [3.63, 3.8) is 0 Å². The van der Waals surface area contributed by atoms with Gasteiger partial charge in [-0.1, -0.05) is 29.8 Å². The van der Waals surface area contributed by atoms with Gasteiger partial charge in [0.1, 0.15) is 5.41 Å². The molecule has 0 radical (unpaired) electrons. The average molecular weight is 260 g/mol. The maximum atomic E-state index is 12.2. The van der Waals surface area contributed by atoms with E-state index in [9.17, 15) is 14.4 Å². The summed E-state index contributed by atoms with van der Waals surface area (Å²) in [5, 5.41) is 2.21. The van der Waals surface area contributed by atoms with E-state index in [0.717, 1.165) is 16.0 Å². The van der Waals surface area contributed by atoms with Crippen LogP contribution in [0.15, 0.2) is 24.3 Å². The quantitative estimate of drug-likeness (QED) is 0.821. The van der Waals surface area contributed by atoms with Crippen LogP contribution >= 0.6 is 0 Å². The summed E-state index contributed by atoms with van der Waals surface area (Å²) >= 11 is 0. The number of nitrogens with one attached hydrogen (secondary N) is 1. The molecule has 1 heterocycles. The van der Waals surface area contributed by atoms with Gasteiger partial charge in [0.25, 0.3) is 0 Å². The van der Waals surface area contributed by atoms with E-state index in [1.807, 2.05) is 31.2 Å². The summed E-state index contributed by atoms with van der Waals surface area (Å²) in [7, 11) is 0. The Labute approximate surface area is 111 Å². The van der Waals surface area contributed by atoms with Gasteiger partial charge in [-0.3, -0.25) is 19.8 Å². The van der Waals surface area contributed by atoms with Crippen molar-refractivity contribution in [3.05, 3.63) is 35.4 Å². The lowest BCUT2D eigenvalue weighted by Gasteiger charge is -2.34. The van der Waals surface area contributed by atoms with Crippen LogP contribution < -0.4 is 5.32 Å². The van der Waals surface area contributed by atoms with Gasteiger partial charge in [0, 0.05) is 0 Å². The highest BCUT2D eigenvalue weighted by atomic mass is 16.2. The Balaban J connectivity index is 2.26. The highest BCUT2D eigenvalue weighted by molar-refractivity contribution is 6.18. The van der Waals surface area contributed by atoms with Gasteiger partial charge in [0.15, 0.2) is 0 Å². The number of hydrogen-bond acceptors (Lipinski definition) is 3. The number of hydrogen-bond donors (Lipinski definition) is 1. The monoisotopic (exact) mass is 260 g/mol. The van der Waals surface area contributed by atoms with Crippen LogP contribution in [-0.4, -0.2) is 22.7 Å². The van der Waals surface area contributed by atoms with Crippen LogP contribution in [0.2, 0.25) is 0 Å². The number of rotatable bonds is 2. The molecule has 5 heteroatoms. The summed E-state index contributed by atoms with van der Waals surface area (Å²) in [6.07, 6.45) is 0. The van der Waals surface area contributed by atoms with Crippen molar-refractivity contribution in [1.82, 2.24) is 10.2 Å². The van der Waals surface area contributed by atoms with Crippen molar-refractivity contribution in [2.75, 3.05) is 0 Å². The van der Waals surface area contributed by atoms with Gasteiger partial charge in [-0.2, -0.15) is 0 Å². The third-order valence-electron chi connectivity index (χ3n) is 3.24. The fourth-order valence-corrected chi connectivity index (χ4v) is 1.98. The first kappa shape index (κ1) is 13.3. The first-order valence-corrected chi connectivity index (χ1v) is 6.05. The Morgan fingerprint density at radius 2 is 1.89 bits per heavy atom. The molecule has 4 amide bonds. The first-order chi connectivity index (χ1) is 8.82. The molecule has 100 valence electrons. The zero-order valence-electron chi connectivity index (χ0n) is 11.2. The van der Waals surface area contributed by atoms with Crippen LogP contribution in [0.5, 0.6) is 0 Å². The maximum Gasteiger partial charge on any atom is 0.331 e. The summed E-state index contributed by atoms with van der Waals surface area (Å²) in [5.74, 6) is -1.02. The van der Waals surface area contributed by atoms with Crippen LogP contribution in [0, 0.1) is 12.3 Å². The van der Waals surface area contributed by atoms with E-state index >= 15 is 0 Å². The number of carbonyl (C=O) groups excluding carboxylic acids is 3. The number of urea groups is 1. The molecule has 19 heavy (non-hydrogen) atoms. The fourth-order valence-electron chi connectivity index (χ4n) is 1.98. The van der Waals surface area contributed by atoms with Crippen molar-refractivity contribution < 1.29 is 14.4 Å². The Hall–Kier alpha value is -2.17. The topological polar surface area (TPSA) is 66.5 Å². The van der Waals surface area contributed by atoms with E-state index in [0.29, 0.717) is 0 Å². The molecule has 5 nitrogen and oxygen atoms in total. The van der Waals surface area contributed by atoms with Gasteiger partial charge >= 0.3 is 6.03 Å². The number of amides is 4. The highest BCUT2D eigenvalue weighted by Crippen LogP contribution is 2.24. The Morgan fingerprint density at radius 1 is 1.21 bits per heavy atom. The molecule has 1 aliphatic heterocycles. The Kier molecular flexibility index (Phi) is 3.14. The van der Waals surface area contributed by atoms with E-state index in [1.165, 1.54) is 13.8 Å². The molecule has 2 rings (SSSR count). The first-order valence-electron chi connectivity index (χ1n) is 6.05. The molecule has 1 aromatic rings. The molecule has 1 fully saturated rings. The van der Waals surface area contributed by atoms with Gasteiger partial charge in [-0.15, -0.1) is 0 Å². The second-order valence-corrected chi connectivity index (χ2v) is 5.26. The lowest BCUT2D eigenvalue weighted by atomic mass is 9.88. The molecule has 0 unspecified atom stereocenters. The molecule has 0 saturated carbocycles. The van der Waals surface area contributed by atoms with Crippen LogP contribution in [0.25, 0.3) is 0 Å². The number of barbiturate groups is 1. The van der Waals surface area contributed by atoms with Crippen LogP contribution in [0.3, 0.4) is 0 Å². The van der Waals surface area contributed by atoms with E-state index in [1.54, 1.807) is 0 Å². The van der Waals surface area contributed by atoms with Crippen molar-refractivity contribution in [2.24, 2.45) is 5.41 Å². The number of carbonyl (C=O) groups is 3. The molecular weight excluding hydrogens is 244 g/mol. The summed E-state index contributed by atoms with van der Waals surface area (Å²) in [6.45, 7) is 5.14. The summed E-state index contributed by atoms with van der Waals surface area (Å²) in [4.78, 5) is 36.7. The number of nitrogens with zero attached hydrogens (tertiary/aromatic N) is 1. The van der Waals surface area contributed by atoms with Crippen molar-refractivity contribution >= 4 is 17.8 Å². The van der Waals surface area contributed by atoms with Crippen LogP contribution in [0.4, 0.5) is 4.79 Å². The van der Waals surface area contributed by atoms with Gasteiger partial charge in [-0.25, -0.2) is 4.79 Å². The Morgan fingerprint density at radius 3 is 2.53 bits per heavy atom. The van der Waals surface area contributed by atoms with E-state index in [4.69, 9.17) is 0 Å². The predicted octanol–water partition coefficient (Wildman–Crippen LogP) is 1.60. The lowest BCUT2D eigenvalue weighted by Crippen LogP contribution is -2.61.